The van der Waals surface area contributed by atoms with Crippen LogP contribution in [0.5, 0.6) is 0 Å². The third-order valence-corrected chi connectivity index (χ3v) is 7.58. The fraction of sp³-hybridized carbons (Fsp3) is 0.438. The van der Waals surface area contributed by atoms with Gasteiger partial charge in [0.05, 0.1) is 24.5 Å². The minimum absolute atomic E-state index is 0.00121. The molecular weight excluding hydrogens is 524 g/mol. The highest BCUT2D eigenvalue weighted by Crippen LogP contribution is 2.22. The van der Waals surface area contributed by atoms with E-state index in [9.17, 15) is 24.3 Å². The molecule has 0 aliphatic carbocycles. The predicted molar refractivity (Wildman–Crippen MR) is 151 cm³/mol. The van der Waals surface area contributed by atoms with Gasteiger partial charge in [0.2, 0.25) is 11.8 Å². The molecule has 9 nitrogen and oxygen atoms in total. The maximum atomic E-state index is 13.4. The maximum absolute atomic E-state index is 13.4. The van der Waals surface area contributed by atoms with E-state index in [-0.39, 0.29) is 44.6 Å². The van der Waals surface area contributed by atoms with Gasteiger partial charge >= 0.3 is 11.9 Å². The van der Waals surface area contributed by atoms with E-state index in [1.54, 1.807) is 11.0 Å². The lowest BCUT2D eigenvalue weighted by atomic mass is 9.94. The zero-order chi connectivity index (χ0) is 29.0. The van der Waals surface area contributed by atoms with E-state index in [1.807, 2.05) is 66.7 Å². The number of allylic oxidation sites excluding steroid dienone is 2. The highest BCUT2D eigenvalue weighted by Gasteiger charge is 2.34. The average Bonchev–Trinajstić information content (AvgIpc) is 3.48. The van der Waals surface area contributed by atoms with Gasteiger partial charge in [-0.25, -0.2) is 4.79 Å². The van der Waals surface area contributed by atoms with E-state index in [0.717, 1.165) is 24.0 Å². The van der Waals surface area contributed by atoms with Gasteiger partial charge in [0, 0.05) is 13.0 Å². The van der Waals surface area contributed by atoms with Crippen molar-refractivity contribution in [1.29, 1.82) is 0 Å². The molecule has 0 spiro atoms. The van der Waals surface area contributed by atoms with Crippen molar-refractivity contribution in [2.45, 2.75) is 57.2 Å². The Morgan fingerprint density at radius 2 is 1.61 bits per heavy atom. The Morgan fingerprint density at radius 3 is 2.29 bits per heavy atom. The van der Waals surface area contributed by atoms with E-state index in [2.05, 4.69) is 5.32 Å². The molecule has 41 heavy (non-hydrogen) atoms. The third kappa shape index (κ3) is 8.75. The molecule has 0 aromatic heterocycles. The first-order valence-electron chi connectivity index (χ1n) is 14.2. The number of esters is 2. The molecule has 2 aliphatic heterocycles. The van der Waals surface area contributed by atoms with Crippen molar-refractivity contribution in [1.82, 2.24) is 10.2 Å². The second-order valence-corrected chi connectivity index (χ2v) is 10.6. The highest BCUT2D eigenvalue weighted by molar-refractivity contribution is 5.89. The summed E-state index contributed by atoms with van der Waals surface area (Å²) in [4.78, 5) is 54.3. The first-order chi connectivity index (χ1) is 19.9. The van der Waals surface area contributed by atoms with Gasteiger partial charge in [-0.1, -0.05) is 72.8 Å². The highest BCUT2D eigenvalue weighted by atomic mass is 16.6. The SMILES string of the molecule is O=C1NC(C(=O)OCc2ccccc2)COC(=O)C(Cc2ccccc2)CC=CCC1CC(=O)N1CCCC1CO. The van der Waals surface area contributed by atoms with Crippen molar-refractivity contribution in [3.63, 3.8) is 0 Å². The molecule has 2 heterocycles. The number of likely N-dealkylation sites (tertiary alicyclic amines) is 1. The van der Waals surface area contributed by atoms with Gasteiger partial charge in [0.15, 0.2) is 6.04 Å². The smallest absolute Gasteiger partial charge is 0.332 e. The Labute approximate surface area is 240 Å². The van der Waals surface area contributed by atoms with Crippen LogP contribution in [-0.4, -0.2) is 65.6 Å². The summed E-state index contributed by atoms with van der Waals surface area (Å²) in [5.41, 5.74) is 1.76. The first-order valence-corrected chi connectivity index (χ1v) is 14.2. The van der Waals surface area contributed by atoms with Crippen LogP contribution in [0.1, 0.15) is 43.2 Å². The van der Waals surface area contributed by atoms with Crippen molar-refractivity contribution >= 4 is 23.8 Å². The summed E-state index contributed by atoms with van der Waals surface area (Å²) in [5, 5.41) is 12.3. The van der Waals surface area contributed by atoms with Crippen LogP contribution in [0.2, 0.25) is 0 Å². The normalized spacial score (nSPS) is 23.6. The largest absolute Gasteiger partial charge is 0.463 e. The molecule has 2 aromatic carbocycles. The summed E-state index contributed by atoms with van der Waals surface area (Å²) in [5.74, 6) is -3.14. The number of benzene rings is 2. The molecule has 2 N–H and O–H groups in total. The van der Waals surface area contributed by atoms with Crippen molar-refractivity contribution in [2.24, 2.45) is 11.8 Å². The van der Waals surface area contributed by atoms with Gasteiger partial charge < -0.3 is 24.8 Å². The number of nitrogens with zero attached hydrogens (tertiary/aromatic N) is 1. The van der Waals surface area contributed by atoms with Gasteiger partial charge in [-0.2, -0.15) is 0 Å². The summed E-state index contributed by atoms with van der Waals surface area (Å²) < 4.78 is 11.0. The fourth-order valence-corrected chi connectivity index (χ4v) is 5.22. The van der Waals surface area contributed by atoms with Crippen LogP contribution < -0.4 is 5.32 Å². The minimum atomic E-state index is -1.23. The second-order valence-electron chi connectivity index (χ2n) is 10.6. The lowest BCUT2D eigenvalue weighted by Crippen LogP contribution is -2.49. The number of hydrogen-bond donors (Lipinski definition) is 2. The van der Waals surface area contributed by atoms with E-state index < -0.39 is 35.7 Å². The van der Waals surface area contributed by atoms with Gasteiger partial charge in [-0.05, 0) is 43.2 Å². The molecule has 0 bridgehead atoms. The molecule has 4 unspecified atom stereocenters. The number of aliphatic hydroxyl groups excluding tert-OH is 1. The standard InChI is InChI=1S/C32H38N2O7/c35-20-27-16-9-17-34(27)29(36)19-25-14-7-8-15-26(18-23-10-3-1-4-11-23)31(38)41-22-28(33-30(25)37)32(39)40-21-24-12-5-2-6-13-24/h1-8,10-13,25-28,35H,9,14-22H2,(H,33,37). The van der Waals surface area contributed by atoms with Crippen LogP contribution in [0.4, 0.5) is 0 Å². The van der Waals surface area contributed by atoms with E-state index in [1.165, 1.54) is 0 Å². The van der Waals surface area contributed by atoms with Gasteiger partial charge in [0.25, 0.3) is 0 Å². The molecule has 1 saturated heterocycles. The summed E-state index contributed by atoms with van der Waals surface area (Å²) in [6, 6.07) is 17.3. The molecular formula is C32H38N2O7. The summed E-state index contributed by atoms with van der Waals surface area (Å²) in [7, 11) is 0. The minimum Gasteiger partial charge on any atom is -0.463 e. The predicted octanol–water partition coefficient (Wildman–Crippen LogP) is 2.96. The van der Waals surface area contributed by atoms with E-state index in [0.29, 0.717) is 19.4 Å². The van der Waals surface area contributed by atoms with E-state index in [4.69, 9.17) is 9.47 Å². The van der Waals surface area contributed by atoms with Crippen LogP contribution >= 0.6 is 0 Å². The van der Waals surface area contributed by atoms with Crippen LogP contribution in [-0.2, 0) is 41.7 Å². The van der Waals surface area contributed by atoms with Crippen LogP contribution in [0, 0.1) is 11.8 Å². The zero-order valence-electron chi connectivity index (χ0n) is 23.2. The van der Waals surface area contributed by atoms with Crippen molar-refractivity contribution in [3.8, 4) is 0 Å². The van der Waals surface area contributed by atoms with Gasteiger partial charge in [0.1, 0.15) is 13.2 Å². The Morgan fingerprint density at radius 1 is 0.951 bits per heavy atom. The first kappa shape index (κ1) is 30.0. The lowest BCUT2D eigenvalue weighted by molar-refractivity contribution is -0.157. The number of hydrogen-bond acceptors (Lipinski definition) is 7. The number of rotatable bonds is 8. The number of ether oxygens (including phenoxy) is 2. The average molecular weight is 563 g/mol. The maximum Gasteiger partial charge on any atom is 0.332 e. The topological polar surface area (TPSA) is 122 Å². The summed E-state index contributed by atoms with van der Waals surface area (Å²) >= 11 is 0. The Balaban J connectivity index is 1.51. The Kier molecular flexibility index (Phi) is 11.1. The molecule has 4 atom stereocenters. The van der Waals surface area contributed by atoms with E-state index >= 15 is 0 Å². The monoisotopic (exact) mass is 562 g/mol. The summed E-state index contributed by atoms with van der Waals surface area (Å²) in [6.45, 7) is 0.0388. The number of carbonyl (C=O) groups is 4. The van der Waals surface area contributed by atoms with Crippen molar-refractivity contribution < 1.29 is 33.8 Å². The fourth-order valence-electron chi connectivity index (χ4n) is 5.22. The van der Waals surface area contributed by atoms with Crippen LogP contribution in [0.3, 0.4) is 0 Å². The Bertz CT molecular complexity index is 1200. The lowest BCUT2D eigenvalue weighted by Gasteiger charge is -2.26. The molecule has 2 aliphatic rings. The molecule has 9 heteroatoms. The molecule has 4 rings (SSSR count). The van der Waals surface area contributed by atoms with Crippen molar-refractivity contribution in [3.05, 3.63) is 83.9 Å². The number of cyclic esters (lactones) is 1. The number of aliphatic hydroxyl groups is 1. The molecule has 2 amide bonds. The summed E-state index contributed by atoms with van der Waals surface area (Å²) in [6.07, 6.45) is 6.22. The van der Waals surface area contributed by atoms with Gasteiger partial charge in [-0.3, -0.25) is 14.4 Å². The molecule has 218 valence electrons. The molecule has 2 aromatic rings. The van der Waals surface area contributed by atoms with Crippen LogP contribution in [0.25, 0.3) is 0 Å². The molecule has 1 fully saturated rings. The zero-order valence-corrected chi connectivity index (χ0v) is 23.2. The Hall–Kier alpha value is -3.98. The quantitative estimate of drug-likeness (QED) is 0.375. The number of amides is 2. The molecule has 0 saturated carbocycles. The number of nitrogens with one attached hydrogen (secondary N) is 1. The second kappa shape index (κ2) is 15.1. The van der Waals surface area contributed by atoms with Crippen molar-refractivity contribution in [2.75, 3.05) is 19.8 Å². The molecule has 0 radical (unpaired) electrons. The third-order valence-electron chi connectivity index (χ3n) is 7.58. The van der Waals surface area contributed by atoms with Crippen LogP contribution in [0.15, 0.2) is 72.8 Å². The van der Waals surface area contributed by atoms with Gasteiger partial charge in [-0.15, -0.1) is 0 Å². The number of carbonyl (C=O) groups excluding carboxylic acids is 4.